The Morgan fingerprint density at radius 2 is 2.21 bits per heavy atom. The van der Waals surface area contributed by atoms with Gasteiger partial charge in [0.2, 0.25) is 0 Å². The van der Waals surface area contributed by atoms with Crippen LogP contribution in [0.2, 0.25) is 0 Å². The molecule has 0 atom stereocenters. The fourth-order valence-electron chi connectivity index (χ4n) is 1.61. The molecule has 0 saturated heterocycles. The molecule has 0 amide bonds. The normalized spacial score (nSPS) is 10.6. The number of hydrogen-bond donors (Lipinski definition) is 0. The fraction of sp³-hybridized carbons (Fsp3) is 0.308. The molecule has 1 aromatic rings. The molecule has 0 bridgehead atoms. The molecule has 0 aliphatic rings. The first-order valence-electron chi connectivity index (χ1n) is 4.87. The van der Waals surface area contributed by atoms with Gasteiger partial charge in [-0.25, -0.2) is 0 Å². The van der Waals surface area contributed by atoms with Gasteiger partial charge in [0.25, 0.3) is 0 Å². The highest BCUT2D eigenvalue weighted by atomic mass is 19.1. The number of alkyl halides is 1. The summed E-state index contributed by atoms with van der Waals surface area (Å²) in [6.07, 6.45) is 2.77. The summed E-state index contributed by atoms with van der Waals surface area (Å²) >= 11 is 0. The molecule has 0 aliphatic carbocycles. The van der Waals surface area contributed by atoms with Gasteiger partial charge in [-0.2, -0.15) is 0 Å². The van der Waals surface area contributed by atoms with Gasteiger partial charge in [-0.3, -0.25) is 4.39 Å². The molecule has 0 heterocycles. The molecular weight excluding hydrogens is 175 g/mol. The number of rotatable bonds is 4. The Kier molecular flexibility index (Phi) is 3.87. The largest absolute Gasteiger partial charge is 0.250 e. The summed E-state index contributed by atoms with van der Waals surface area (Å²) in [7, 11) is 0. The van der Waals surface area contributed by atoms with Crippen molar-refractivity contribution in [1.29, 1.82) is 0 Å². The fourth-order valence-corrected chi connectivity index (χ4v) is 1.61. The van der Waals surface area contributed by atoms with Gasteiger partial charge in [0, 0.05) is 5.92 Å². The molecule has 14 heavy (non-hydrogen) atoms. The predicted octanol–water partition coefficient (Wildman–Crippen LogP) is 3.80. The minimum absolute atomic E-state index is 0.395. The van der Waals surface area contributed by atoms with Crippen LogP contribution in [-0.4, -0.2) is 6.67 Å². The zero-order valence-electron chi connectivity index (χ0n) is 8.81. The van der Waals surface area contributed by atoms with Crippen LogP contribution in [0.25, 0.3) is 6.08 Å². The van der Waals surface area contributed by atoms with Crippen molar-refractivity contribution in [3.8, 4) is 0 Å². The van der Waals surface area contributed by atoms with E-state index in [1.54, 1.807) is 0 Å². The highest BCUT2D eigenvalue weighted by Crippen LogP contribution is 2.24. The van der Waals surface area contributed by atoms with Crippen molar-refractivity contribution in [2.24, 2.45) is 0 Å². The second-order valence-corrected chi connectivity index (χ2v) is 3.35. The molecule has 0 nitrogen and oxygen atoms in total. The molecule has 0 fully saturated rings. The Morgan fingerprint density at radius 1 is 1.50 bits per heavy atom. The van der Waals surface area contributed by atoms with E-state index in [4.69, 9.17) is 0 Å². The van der Waals surface area contributed by atoms with Crippen molar-refractivity contribution in [1.82, 2.24) is 0 Å². The van der Waals surface area contributed by atoms with Gasteiger partial charge in [-0.1, -0.05) is 44.7 Å². The van der Waals surface area contributed by atoms with E-state index >= 15 is 0 Å². The summed E-state index contributed by atoms with van der Waals surface area (Å²) in [6, 6.07) is 5.98. The van der Waals surface area contributed by atoms with Crippen LogP contribution in [0.1, 0.15) is 30.5 Å². The Balaban J connectivity index is 3.21. The van der Waals surface area contributed by atoms with E-state index in [0.717, 1.165) is 23.5 Å². The quantitative estimate of drug-likeness (QED) is 0.679. The lowest BCUT2D eigenvalue weighted by atomic mass is 9.92. The second-order valence-electron chi connectivity index (χ2n) is 3.35. The summed E-state index contributed by atoms with van der Waals surface area (Å²) in [4.78, 5) is 0. The standard InChI is InChI=1S/C13H16F/c1-4-11-7-6-8-13(10(3)9-14)12(11)5-2/h5-8H,2,4,9H2,1,3H3. The van der Waals surface area contributed by atoms with Crippen molar-refractivity contribution >= 4 is 6.08 Å². The van der Waals surface area contributed by atoms with Crippen molar-refractivity contribution in [2.45, 2.75) is 20.3 Å². The SMILES string of the molecule is C=Cc1c(CC)cccc1[C](C)CF. The van der Waals surface area contributed by atoms with E-state index in [9.17, 15) is 4.39 Å². The van der Waals surface area contributed by atoms with Crippen LogP contribution in [0, 0.1) is 5.92 Å². The first-order valence-corrected chi connectivity index (χ1v) is 4.87. The molecule has 0 saturated carbocycles. The number of hydrogen-bond acceptors (Lipinski definition) is 0. The zero-order chi connectivity index (χ0) is 10.6. The Hall–Kier alpha value is -1.11. The molecular formula is C13H16F. The van der Waals surface area contributed by atoms with Crippen LogP contribution in [0.15, 0.2) is 24.8 Å². The van der Waals surface area contributed by atoms with Gasteiger partial charge in [-0.15, -0.1) is 0 Å². The lowest BCUT2D eigenvalue weighted by Crippen LogP contribution is -2.01. The maximum absolute atomic E-state index is 12.6. The van der Waals surface area contributed by atoms with Crippen molar-refractivity contribution < 1.29 is 4.39 Å². The molecule has 1 aromatic carbocycles. The molecule has 1 radical (unpaired) electrons. The smallest absolute Gasteiger partial charge is 0.0998 e. The van der Waals surface area contributed by atoms with Crippen LogP contribution < -0.4 is 0 Å². The molecule has 0 aliphatic heterocycles. The van der Waals surface area contributed by atoms with Crippen LogP contribution in [0.5, 0.6) is 0 Å². The van der Waals surface area contributed by atoms with Crippen molar-refractivity contribution in [2.75, 3.05) is 6.67 Å². The summed E-state index contributed by atoms with van der Waals surface area (Å²) in [5.41, 5.74) is 3.29. The summed E-state index contributed by atoms with van der Waals surface area (Å²) in [6.45, 7) is 7.30. The molecule has 1 heteroatoms. The third kappa shape index (κ3) is 2.03. The molecule has 75 valence electrons. The van der Waals surface area contributed by atoms with E-state index in [-0.39, 0.29) is 0 Å². The Morgan fingerprint density at radius 3 is 2.71 bits per heavy atom. The van der Waals surface area contributed by atoms with Crippen LogP contribution in [-0.2, 0) is 6.42 Å². The minimum atomic E-state index is -0.395. The van der Waals surface area contributed by atoms with Gasteiger partial charge in [0.1, 0.15) is 0 Å². The van der Waals surface area contributed by atoms with Crippen LogP contribution in [0.4, 0.5) is 4.39 Å². The van der Waals surface area contributed by atoms with Gasteiger partial charge < -0.3 is 0 Å². The number of benzene rings is 1. The highest BCUT2D eigenvalue weighted by Gasteiger charge is 2.11. The summed E-state index contributed by atoms with van der Waals surface area (Å²) < 4.78 is 12.6. The highest BCUT2D eigenvalue weighted by molar-refractivity contribution is 5.60. The number of aryl methyl sites for hydroxylation is 1. The number of halogens is 1. The predicted molar refractivity (Wildman–Crippen MR) is 59.9 cm³/mol. The summed E-state index contributed by atoms with van der Waals surface area (Å²) in [5.74, 6) is 0.773. The third-order valence-electron chi connectivity index (χ3n) is 2.44. The van der Waals surface area contributed by atoms with E-state index in [1.807, 2.05) is 25.1 Å². The lowest BCUT2D eigenvalue weighted by Gasteiger charge is -2.13. The molecule has 0 spiro atoms. The van der Waals surface area contributed by atoms with Gasteiger partial charge in [0.05, 0.1) is 6.67 Å². The first-order chi connectivity index (χ1) is 6.74. The van der Waals surface area contributed by atoms with E-state index < -0.39 is 6.67 Å². The van der Waals surface area contributed by atoms with E-state index in [2.05, 4.69) is 19.6 Å². The maximum Gasteiger partial charge on any atom is 0.0998 e. The van der Waals surface area contributed by atoms with Crippen LogP contribution >= 0.6 is 0 Å². The molecule has 0 N–H and O–H groups in total. The second kappa shape index (κ2) is 4.94. The average Bonchev–Trinajstić information content (AvgIpc) is 2.26. The van der Waals surface area contributed by atoms with Gasteiger partial charge in [-0.05, 0) is 23.1 Å². The van der Waals surface area contributed by atoms with Gasteiger partial charge in [0.15, 0.2) is 0 Å². The zero-order valence-corrected chi connectivity index (χ0v) is 8.81. The van der Waals surface area contributed by atoms with Crippen molar-refractivity contribution in [3.63, 3.8) is 0 Å². The van der Waals surface area contributed by atoms with Crippen LogP contribution in [0.3, 0.4) is 0 Å². The summed E-state index contributed by atoms with van der Waals surface area (Å²) in [5, 5.41) is 0. The molecule has 0 unspecified atom stereocenters. The molecule has 0 aromatic heterocycles. The average molecular weight is 191 g/mol. The third-order valence-corrected chi connectivity index (χ3v) is 2.44. The maximum atomic E-state index is 12.6. The lowest BCUT2D eigenvalue weighted by molar-refractivity contribution is 0.516. The minimum Gasteiger partial charge on any atom is -0.250 e. The molecule has 1 rings (SSSR count). The van der Waals surface area contributed by atoms with Crippen molar-refractivity contribution in [3.05, 3.63) is 47.4 Å². The Labute approximate surface area is 85.5 Å². The van der Waals surface area contributed by atoms with E-state index in [1.165, 1.54) is 5.56 Å². The topological polar surface area (TPSA) is 0 Å². The van der Waals surface area contributed by atoms with E-state index in [0.29, 0.717) is 0 Å². The monoisotopic (exact) mass is 191 g/mol. The van der Waals surface area contributed by atoms with Gasteiger partial charge >= 0.3 is 0 Å². The Bertz CT molecular complexity index is 315. The first kappa shape index (κ1) is 11.0.